The van der Waals surface area contributed by atoms with Crippen molar-refractivity contribution in [2.24, 2.45) is 0 Å². The molecule has 1 aliphatic rings. The minimum Gasteiger partial charge on any atom is -0.365 e. The first-order chi connectivity index (χ1) is 8.50. The van der Waals surface area contributed by atoms with Gasteiger partial charge in [-0.05, 0) is 44.2 Å². The quantitative estimate of drug-likeness (QED) is 0.912. The average molecular weight is 264 g/mol. The van der Waals surface area contributed by atoms with E-state index in [0.29, 0.717) is 0 Å². The van der Waals surface area contributed by atoms with Crippen LogP contribution in [0.5, 0.6) is 0 Å². The molecule has 1 N–H and O–H groups in total. The lowest BCUT2D eigenvalue weighted by Gasteiger charge is -2.18. The Hall–Kier alpha value is -1.49. The van der Waals surface area contributed by atoms with Crippen LogP contribution < -0.4 is 5.32 Å². The molecule has 2 amide bonds. The highest BCUT2D eigenvalue weighted by Crippen LogP contribution is 2.30. The van der Waals surface area contributed by atoms with Gasteiger partial charge in [-0.1, -0.05) is 18.2 Å². The van der Waals surface area contributed by atoms with Crippen molar-refractivity contribution in [1.82, 2.24) is 4.90 Å². The molecular weight excluding hydrogens is 248 g/mol. The summed E-state index contributed by atoms with van der Waals surface area (Å²) >= 11 is 1.04. The average Bonchev–Trinajstić information content (AvgIpc) is 2.57. The molecule has 0 aliphatic carbocycles. The molecule has 18 heavy (non-hydrogen) atoms. The number of carbonyl (C=O) groups excluding carboxylic acids is 2. The molecule has 0 aromatic heterocycles. The first-order valence-electron chi connectivity index (χ1n) is 5.86. The van der Waals surface area contributed by atoms with Gasteiger partial charge >= 0.3 is 0 Å². The minimum atomic E-state index is -0.513. The van der Waals surface area contributed by atoms with E-state index in [2.05, 4.69) is 5.32 Å². The maximum absolute atomic E-state index is 12.1. The second-order valence-electron chi connectivity index (χ2n) is 4.53. The van der Waals surface area contributed by atoms with E-state index in [-0.39, 0.29) is 17.2 Å². The molecule has 0 spiro atoms. The van der Waals surface area contributed by atoms with E-state index in [9.17, 15) is 9.59 Å². The van der Waals surface area contributed by atoms with Crippen molar-refractivity contribution in [2.75, 3.05) is 5.32 Å². The predicted molar refractivity (Wildman–Crippen MR) is 73.6 cm³/mol. The van der Waals surface area contributed by atoms with Crippen LogP contribution in [0.3, 0.4) is 0 Å². The normalized spacial score (nSPS) is 19.8. The zero-order valence-corrected chi connectivity index (χ0v) is 11.5. The molecule has 1 atom stereocenters. The lowest BCUT2D eigenvalue weighted by molar-refractivity contribution is -0.127. The fourth-order valence-electron chi connectivity index (χ4n) is 1.86. The van der Waals surface area contributed by atoms with E-state index in [1.807, 2.05) is 45.0 Å². The topological polar surface area (TPSA) is 49.4 Å². The molecule has 0 saturated carbocycles. The van der Waals surface area contributed by atoms with E-state index >= 15 is 0 Å². The van der Waals surface area contributed by atoms with Gasteiger partial charge in [-0.25, -0.2) is 0 Å². The number of nitrogens with one attached hydrogen (secondary N) is 1. The lowest BCUT2D eigenvalue weighted by Crippen LogP contribution is -2.39. The Kier molecular flexibility index (Phi) is 3.61. The summed E-state index contributed by atoms with van der Waals surface area (Å²) in [7, 11) is 0. The molecule has 0 bridgehead atoms. The highest BCUT2D eigenvalue weighted by atomic mass is 32.2. The van der Waals surface area contributed by atoms with Crippen LogP contribution in [0.1, 0.15) is 19.4 Å². The van der Waals surface area contributed by atoms with Gasteiger partial charge in [0.15, 0.2) is 5.37 Å². The van der Waals surface area contributed by atoms with Crippen molar-refractivity contribution in [2.45, 2.75) is 32.2 Å². The van der Waals surface area contributed by atoms with Crippen LogP contribution in [0.25, 0.3) is 0 Å². The van der Waals surface area contributed by atoms with Crippen LogP contribution >= 0.6 is 11.8 Å². The fraction of sp³-hybridized carbons (Fsp3) is 0.385. The number of amides is 2. The number of thioether (sulfide) groups is 1. The summed E-state index contributed by atoms with van der Waals surface area (Å²) in [5.74, 6) is -0.164. The standard InChI is InChI=1S/C13H16N2O2S/c1-8(2)15-12(16)11(18-13(15)17)14-10-7-5-4-6-9(10)3/h4-8,11,14H,1-3H3/t11-/m1/s1. The van der Waals surface area contributed by atoms with Gasteiger partial charge in [0.25, 0.3) is 11.1 Å². The molecule has 1 fully saturated rings. The number of rotatable bonds is 3. The highest BCUT2D eigenvalue weighted by molar-refractivity contribution is 8.15. The SMILES string of the molecule is Cc1ccccc1N[C@@H]1SC(=O)N(C(C)C)C1=O. The van der Waals surface area contributed by atoms with E-state index in [4.69, 9.17) is 0 Å². The van der Waals surface area contributed by atoms with Crippen LogP contribution in [-0.4, -0.2) is 27.5 Å². The summed E-state index contributed by atoms with van der Waals surface area (Å²) in [6, 6.07) is 7.62. The van der Waals surface area contributed by atoms with E-state index in [1.165, 1.54) is 4.90 Å². The number of benzene rings is 1. The maximum atomic E-state index is 12.1. The lowest BCUT2D eigenvalue weighted by atomic mass is 10.2. The summed E-state index contributed by atoms with van der Waals surface area (Å²) in [5, 5.41) is 2.43. The molecule has 1 aliphatic heterocycles. The Morgan fingerprint density at radius 2 is 1.94 bits per heavy atom. The van der Waals surface area contributed by atoms with Crippen LogP contribution in [-0.2, 0) is 4.79 Å². The third-order valence-corrected chi connectivity index (χ3v) is 3.78. The molecule has 1 saturated heterocycles. The molecule has 1 heterocycles. The van der Waals surface area contributed by atoms with Gasteiger partial charge in [-0.3, -0.25) is 14.5 Å². The monoisotopic (exact) mass is 264 g/mol. The molecule has 1 aromatic carbocycles. The smallest absolute Gasteiger partial charge is 0.291 e. The molecule has 0 radical (unpaired) electrons. The Balaban J connectivity index is 2.15. The number of nitrogens with zero attached hydrogens (tertiary/aromatic N) is 1. The van der Waals surface area contributed by atoms with E-state index in [1.54, 1.807) is 0 Å². The van der Waals surface area contributed by atoms with Gasteiger partial charge in [0.1, 0.15) is 0 Å². The first kappa shape index (κ1) is 13.0. The minimum absolute atomic E-state index is 0.0961. The van der Waals surface area contributed by atoms with Crippen molar-refractivity contribution in [3.8, 4) is 0 Å². The molecular formula is C13H16N2O2S. The summed E-state index contributed by atoms with van der Waals surface area (Å²) in [6.07, 6.45) is 0. The summed E-state index contributed by atoms with van der Waals surface area (Å²) < 4.78 is 0. The zero-order chi connectivity index (χ0) is 13.3. The Morgan fingerprint density at radius 1 is 1.28 bits per heavy atom. The van der Waals surface area contributed by atoms with Crippen molar-refractivity contribution >= 4 is 28.6 Å². The Labute approximate surface area is 111 Å². The molecule has 1 aromatic rings. The van der Waals surface area contributed by atoms with Gasteiger partial charge in [0.05, 0.1) is 0 Å². The predicted octanol–water partition coefficient (Wildman–Crippen LogP) is 2.84. The van der Waals surface area contributed by atoms with Crippen LogP contribution in [0, 0.1) is 6.92 Å². The van der Waals surface area contributed by atoms with Crippen molar-refractivity contribution in [1.29, 1.82) is 0 Å². The van der Waals surface area contributed by atoms with Crippen molar-refractivity contribution in [3.63, 3.8) is 0 Å². The number of anilines is 1. The number of aryl methyl sites for hydroxylation is 1. The summed E-state index contributed by atoms with van der Waals surface area (Å²) in [6.45, 7) is 5.65. The van der Waals surface area contributed by atoms with Crippen molar-refractivity contribution in [3.05, 3.63) is 29.8 Å². The molecule has 0 unspecified atom stereocenters. The number of hydrogen-bond acceptors (Lipinski definition) is 4. The first-order valence-corrected chi connectivity index (χ1v) is 6.74. The third kappa shape index (κ3) is 2.36. The largest absolute Gasteiger partial charge is 0.365 e. The van der Waals surface area contributed by atoms with Crippen LogP contribution in [0.2, 0.25) is 0 Å². The zero-order valence-electron chi connectivity index (χ0n) is 10.6. The molecule has 4 nitrogen and oxygen atoms in total. The number of imide groups is 1. The third-order valence-electron chi connectivity index (χ3n) is 2.83. The van der Waals surface area contributed by atoms with Gasteiger partial charge in [0, 0.05) is 11.7 Å². The van der Waals surface area contributed by atoms with Crippen LogP contribution in [0.4, 0.5) is 10.5 Å². The molecule has 2 rings (SSSR count). The number of para-hydroxylation sites is 1. The number of carbonyl (C=O) groups is 2. The summed E-state index contributed by atoms with van der Waals surface area (Å²) in [5.41, 5.74) is 1.95. The molecule has 5 heteroatoms. The van der Waals surface area contributed by atoms with E-state index in [0.717, 1.165) is 23.0 Å². The second-order valence-corrected chi connectivity index (χ2v) is 5.58. The van der Waals surface area contributed by atoms with Gasteiger partial charge in [-0.15, -0.1) is 0 Å². The maximum Gasteiger partial charge on any atom is 0.291 e. The Bertz CT molecular complexity index is 488. The summed E-state index contributed by atoms with van der Waals surface area (Å²) in [4.78, 5) is 25.1. The van der Waals surface area contributed by atoms with Gasteiger partial charge in [0.2, 0.25) is 0 Å². The van der Waals surface area contributed by atoms with Crippen LogP contribution in [0.15, 0.2) is 24.3 Å². The van der Waals surface area contributed by atoms with Gasteiger partial charge in [-0.2, -0.15) is 0 Å². The molecule has 96 valence electrons. The van der Waals surface area contributed by atoms with E-state index < -0.39 is 5.37 Å². The highest BCUT2D eigenvalue weighted by Gasteiger charge is 2.41. The number of hydrogen-bond donors (Lipinski definition) is 1. The van der Waals surface area contributed by atoms with Crippen molar-refractivity contribution < 1.29 is 9.59 Å². The second kappa shape index (κ2) is 5.02. The Morgan fingerprint density at radius 3 is 2.50 bits per heavy atom. The fourth-order valence-corrected chi connectivity index (χ4v) is 2.87. The van der Waals surface area contributed by atoms with Gasteiger partial charge < -0.3 is 5.32 Å².